The standard InChI is InChI=1S/C18H13F3O4S/c1-25-17-10-12(18(19,20)21)5-7-16(17)15-4-2-3-11-9-13(26(22,23)24)6-8-14(11)15/h2-10H,1H3,(H,22,23,24). The number of fused-ring (bicyclic) bond motifs is 1. The fourth-order valence-corrected chi connectivity index (χ4v) is 3.26. The van der Waals surface area contributed by atoms with Crippen LogP contribution in [-0.2, 0) is 16.3 Å². The molecule has 0 amide bonds. The maximum absolute atomic E-state index is 12.9. The summed E-state index contributed by atoms with van der Waals surface area (Å²) < 4.78 is 75.6. The van der Waals surface area contributed by atoms with Crippen LogP contribution in [0.5, 0.6) is 5.75 Å². The third kappa shape index (κ3) is 3.38. The van der Waals surface area contributed by atoms with Gasteiger partial charge in [0.15, 0.2) is 0 Å². The predicted octanol–water partition coefficient (Wildman–Crippen LogP) is 4.78. The van der Waals surface area contributed by atoms with Crippen LogP contribution < -0.4 is 4.74 Å². The quantitative estimate of drug-likeness (QED) is 0.662. The highest BCUT2D eigenvalue weighted by Gasteiger charge is 2.31. The summed E-state index contributed by atoms with van der Waals surface area (Å²) in [5.74, 6) is 0.0474. The smallest absolute Gasteiger partial charge is 0.416 e. The number of methoxy groups -OCH3 is 1. The minimum atomic E-state index is -4.49. The molecule has 0 aliphatic rings. The molecule has 26 heavy (non-hydrogen) atoms. The molecule has 0 unspecified atom stereocenters. The highest BCUT2D eigenvalue weighted by Crippen LogP contribution is 2.39. The predicted molar refractivity (Wildman–Crippen MR) is 90.8 cm³/mol. The molecular weight excluding hydrogens is 369 g/mol. The zero-order valence-electron chi connectivity index (χ0n) is 13.4. The Labute approximate surface area is 147 Å². The molecular formula is C18H13F3O4S. The second-order valence-corrected chi connectivity index (χ2v) is 7.00. The topological polar surface area (TPSA) is 63.6 Å². The van der Waals surface area contributed by atoms with Crippen molar-refractivity contribution in [3.63, 3.8) is 0 Å². The van der Waals surface area contributed by atoms with Crippen LogP contribution in [0.25, 0.3) is 21.9 Å². The Hall–Kier alpha value is -2.58. The molecule has 4 nitrogen and oxygen atoms in total. The maximum Gasteiger partial charge on any atom is 0.416 e. The fourth-order valence-electron chi connectivity index (χ4n) is 2.75. The summed E-state index contributed by atoms with van der Waals surface area (Å²) in [6.07, 6.45) is -4.49. The van der Waals surface area contributed by atoms with Gasteiger partial charge in [-0.25, -0.2) is 0 Å². The third-order valence-corrected chi connectivity index (χ3v) is 4.82. The number of hydrogen-bond donors (Lipinski definition) is 1. The van der Waals surface area contributed by atoms with Crippen molar-refractivity contribution < 1.29 is 30.9 Å². The lowest BCUT2D eigenvalue weighted by Crippen LogP contribution is -2.05. The lowest BCUT2D eigenvalue weighted by Gasteiger charge is -2.14. The summed E-state index contributed by atoms with van der Waals surface area (Å²) in [7, 11) is -3.08. The van der Waals surface area contributed by atoms with Gasteiger partial charge in [-0.15, -0.1) is 0 Å². The summed E-state index contributed by atoms with van der Waals surface area (Å²) in [4.78, 5) is -0.262. The van der Waals surface area contributed by atoms with Crippen molar-refractivity contribution in [3.05, 3.63) is 60.2 Å². The Morgan fingerprint density at radius 2 is 1.69 bits per heavy atom. The SMILES string of the molecule is COc1cc(C(F)(F)F)ccc1-c1cccc2cc(S(=O)(=O)O)ccc12. The van der Waals surface area contributed by atoms with E-state index in [1.807, 2.05) is 0 Å². The van der Waals surface area contributed by atoms with Gasteiger partial charge in [-0.1, -0.05) is 30.3 Å². The first-order valence-corrected chi connectivity index (χ1v) is 8.81. The van der Waals surface area contributed by atoms with Crippen LogP contribution in [0, 0.1) is 0 Å². The molecule has 0 heterocycles. The van der Waals surface area contributed by atoms with Crippen LogP contribution in [-0.4, -0.2) is 20.1 Å². The third-order valence-electron chi connectivity index (χ3n) is 3.97. The number of hydrogen-bond acceptors (Lipinski definition) is 3. The molecule has 0 aromatic heterocycles. The Morgan fingerprint density at radius 1 is 0.962 bits per heavy atom. The molecule has 0 saturated carbocycles. The number of alkyl halides is 3. The van der Waals surface area contributed by atoms with Gasteiger partial charge in [0.25, 0.3) is 10.1 Å². The Morgan fingerprint density at radius 3 is 2.31 bits per heavy atom. The van der Waals surface area contributed by atoms with Crippen LogP contribution in [0.3, 0.4) is 0 Å². The van der Waals surface area contributed by atoms with E-state index >= 15 is 0 Å². The normalized spacial score (nSPS) is 12.3. The van der Waals surface area contributed by atoms with E-state index in [9.17, 15) is 21.6 Å². The van der Waals surface area contributed by atoms with Crippen molar-refractivity contribution in [1.29, 1.82) is 0 Å². The summed E-state index contributed by atoms with van der Waals surface area (Å²) in [6, 6.07) is 12.2. The van der Waals surface area contributed by atoms with E-state index in [0.29, 0.717) is 21.9 Å². The average Bonchev–Trinajstić information content (AvgIpc) is 2.58. The second kappa shape index (κ2) is 6.30. The van der Waals surface area contributed by atoms with E-state index in [-0.39, 0.29) is 10.6 Å². The molecule has 3 aromatic rings. The zero-order chi connectivity index (χ0) is 19.1. The Bertz CT molecular complexity index is 1090. The van der Waals surface area contributed by atoms with E-state index in [0.717, 1.165) is 12.1 Å². The molecule has 3 aromatic carbocycles. The molecule has 0 radical (unpaired) electrons. The summed E-state index contributed by atoms with van der Waals surface area (Å²) in [5.41, 5.74) is 0.188. The monoisotopic (exact) mass is 382 g/mol. The zero-order valence-corrected chi connectivity index (χ0v) is 14.2. The van der Waals surface area contributed by atoms with Crippen LogP contribution in [0.15, 0.2) is 59.5 Å². The van der Waals surface area contributed by atoms with Crippen LogP contribution in [0.1, 0.15) is 5.56 Å². The fraction of sp³-hybridized carbons (Fsp3) is 0.111. The summed E-state index contributed by atoms with van der Waals surface area (Å²) >= 11 is 0. The largest absolute Gasteiger partial charge is 0.496 e. The average molecular weight is 382 g/mol. The van der Waals surface area contributed by atoms with Crippen molar-refractivity contribution in [2.45, 2.75) is 11.1 Å². The molecule has 136 valence electrons. The van der Waals surface area contributed by atoms with Crippen molar-refractivity contribution in [1.82, 2.24) is 0 Å². The van der Waals surface area contributed by atoms with E-state index in [2.05, 4.69) is 0 Å². The molecule has 1 N–H and O–H groups in total. The van der Waals surface area contributed by atoms with Crippen LogP contribution in [0.2, 0.25) is 0 Å². The second-order valence-electron chi connectivity index (χ2n) is 5.58. The molecule has 0 spiro atoms. The Kier molecular flexibility index (Phi) is 4.41. The highest BCUT2D eigenvalue weighted by atomic mass is 32.2. The van der Waals surface area contributed by atoms with Crippen molar-refractivity contribution in [3.8, 4) is 16.9 Å². The van der Waals surface area contributed by atoms with Crippen LogP contribution in [0.4, 0.5) is 13.2 Å². The van der Waals surface area contributed by atoms with Crippen LogP contribution >= 0.6 is 0 Å². The minimum absolute atomic E-state index is 0.0474. The van der Waals surface area contributed by atoms with E-state index in [4.69, 9.17) is 9.29 Å². The molecule has 0 bridgehead atoms. The minimum Gasteiger partial charge on any atom is -0.496 e. The van der Waals surface area contributed by atoms with Gasteiger partial charge in [0.1, 0.15) is 5.75 Å². The van der Waals surface area contributed by atoms with Gasteiger partial charge in [0.2, 0.25) is 0 Å². The van der Waals surface area contributed by atoms with Gasteiger partial charge in [-0.2, -0.15) is 21.6 Å². The first-order valence-electron chi connectivity index (χ1n) is 7.37. The summed E-state index contributed by atoms with van der Waals surface area (Å²) in [5, 5.41) is 1.12. The molecule has 3 rings (SSSR count). The number of halogens is 3. The lowest BCUT2D eigenvalue weighted by molar-refractivity contribution is -0.137. The van der Waals surface area contributed by atoms with Gasteiger partial charge in [-0.05, 0) is 40.6 Å². The maximum atomic E-state index is 12.9. The number of benzene rings is 3. The first-order chi connectivity index (χ1) is 12.1. The molecule has 0 fully saturated rings. The van der Waals surface area contributed by atoms with Gasteiger partial charge in [0.05, 0.1) is 17.6 Å². The first kappa shape index (κ1) is 18.2. The molecule has 0 saturated heterocycles. The molecule has 8 heteroatoms. The van der Waals surface area contributed by atoms with Gasteiger partial charge < -0.3 is 4.74 Å². The number of ether oxygens (including phenoxy) is 1. The Balaban J connectivity index is 2.23. The molecule has 0 atom stereocenters. The van der Waals surface area contributed by atoms with Gasteiger partial charge in [-0.3, -0.25) is 4.55 Å². The lowest BCUT2D eigenvalue weighted by atomic mass is 9.96. The van der Waals surface area contributed by atoms with Crippen molar-refractivity contribution in [2.75, 3.05) is 7.11 Å². The molecule has 0 aliphatic carbocycles. The van der Waals surface area contributed by atoms with Crippen molar-refractivity contribution in [2.24, 2.45) is 0 Å². The highest BCUT2D eigenvalue weighted by molar-refractivity contribution is 7.85. The van der Waals surface area contributed by atoms with E-state index < -0.39 is 21.9 Å². The van der Waals surface area contributed by atoms with E-state index in [1.165, 1.54) is 31.4 Å². The summed E-state index contributed by atoms with van der Waals surface area (Å²) in [6.45, 7) is 0. The molecule has 0 aliphatic heterocycles. The van der Waals surface area contributed by atoms with Gasteiger partial charge in [0, 0.05) is 5.56 Å². The van der Waals surface area contributed by atoms with Crippen molar-refractivity contribution >= 4 is 20.9 Å². The number of rotatable bonds is 3. The van der Waals surface area contributed by atoms with E-state index in [1.54, 1.807) is 18.2 Å². The van der Waals surface area contributed by atoms with Gasteiger partial charge >= 0.3 is 6.18 Å².